The summed E-state index contributed by atoms with van der Waals surface area (Å²) in [7, 11) is 0. The largest absolute Gasteiger partial charge is 0.478 e. The highest BCUT2D eigenvalue weighted by Crippen LogP contribution is 2.23. The van der Waals surface area contributed by atoms with E-state index in [1.807, 2.05) is 12.1 Å². The Morgan fingerprint density at radius 1 is 1.12 bits per heavy atom. The lowest BCUT2D eigenvalue weighted by molar-refractivity contribution is -0.114. The average Bonchev–Trinajstić information content (AvgIpc) is 3.09. The third-order valence-corrected chi connectivity index (χ3v) is 4.43. The van der Waals surface area contributed by atoms with E-state index in [1.54, 1.807) is 36.4 Å². The van der Waals surface area contributed by atoms with Gasteiger partial charge in [0, 0.05) is 23.9 Å². The smallest absolute Gasteiger partial charge is 0.335 e. The second-order valence-electron chi connectivity index (χ2n) is 5.52. The Kier molecular flexibility index (Phi) is 5.33. The van der Waals surface area contributed by atoms with E-state index < -0.39 is 5.97 Å². The van der Waals surface area contributed by atoms with E-state index in [2.05, 4.69) is 20.5 Å². The molecule has 0 fully saturated rings. The maximum absolute atomic E-state index is 11.0. The summed E-state index contributed by atoms with van der Waals surface area (Å²) in [6.07, 6.45) is 0. The van der Waals surface area contributed by atoms with E-state index in [9.17, 15) is 9.59 Å². The van der Waals surface area contributed by atoms with Gasteiger partial charge in [-0.3, -0.25) is 9.89 Å². The average molecular weight is 368 g/mol. The van der Waals surface area contributed by atoms with Gasteiger partial charge in [0.1, 0.15) is 0 Å². The van der Waals surface area contributed by atoms with Crippen molar-refractivity contribution in [2.24, 2.45) is 0 Å². The number of benzene rings is 2. The summed E-state index contributed by atoms with van der Waals surface area (Å²) in [6, 6.07) is 14.0. The number of carboxylic acid groups (broad SMARTS) is 1. The van der Waals surface area contributed by atoms with Gasteiger partial charge in [-0.2, -0.15) is 0 Å². The molecule has 0 atom stereocenters. The van der Waals surface area contributed by atoms with Crippen LogP contribution in [0.3, 0.4) is 0 Å². The number of hydrogen-bond acceptors (Lipinski definition) is 5. The van der Waals surface area contributed by atoms with Gasteiger partial charge < -0.3 is 10.4 Å². The number of carboxylic acids is 1. The van der Waals surface area contributed by atoms with E-state index in [0.717, 1.165) is 16.8 Å². The highest BCUT2D eigenvalue weighted by atomic mass is 32.2. The molecule has 0 saturated carbocycles. The Morgan fingerprint density at radius 2 is 1.81 bits per heavy atom. The first kappa shape index (κ1) is 17.7. The first-order chi connectivity index (χ1) is 12.5. The summed E-state index contributed by atoms with van der Waals surface area (Å²) in [5.74, 6) is 0.224. The SMILES string of the molecule is CC(=O)Nc1ccc(-c2nc(SCc3ccc(C(=O)O)cc3)n[nH]2)cc1. The fraction of sp³-hybridized carbons (Fsp3) is 0.111. The van der Waals surface area contributed by atoms with Crippen molar-refractivity contribution in [3.63, 3.8) is 0 Å². The summed E-state index contributed by atoms with van der Waals surface area (Å²) in [4.78, 5) is 26.3. The summed E-state index contributed by atoms with van der Waals surface area (Å²) >= 11 is 1.46. The molecule has 3 aromatic rings. The Hall–Kier alpha value is -3.13. The molecule has 0 aliphatic carbocycles. The van der Waals surface area contributed by atoms with Crippen molar-refractivity contribution in [1.29, 1.82) is 0 Å². The zero-order valence-electron chi connectivity index (χ0n) is 13.9. The molecule has 8 heteroatoms. The molecule has 0 unspecified atom stereocenters. The molecule has 0 bridgehead atoms. The lowest BCUT2D eigenvalue weighted by atomic mass is 10.1. The summed E-state index contributed by atoms with van der Waals surface area (Å²) in [6.45, 7) is 1.46. The van der Waals surface area contributed by atoms with Crippen molar-refractivity contribution in [2.75, 3.05) is 5.32 Å². The maximum Gasteiger partial charge on any atom is 0.335 e. The number of amides is 1. The van der Waals surface area contributed by atoms with E-state index in [-0.39, 0.29) is 11.5 Å². The Balaban J connectivity index is 1.62. The molecule has 26 heavy (non-hydrogen) atoms. The van der Waals surface area contributed by atoms with Crippen LogP contribution in [0.25, 0.3) is 11.4 Å². The summed E-state index contributed by atoms with van der Waals surface area (Å²) in [5.41, 5.74) is 2.84. The predicted molar refractivity (Wildman–Crippen MR) is 99.1 cm³/mol. The number of nitrogens with zero attached hydrogens (tertiary/aromatic N) is 2. The number of aromatic carboxylic acids is 1. The second-order valence-corrected chi connectivity index (χ2v) is 6.46. The molecule has 2 aromatic carbocycles. The van der Waals surface area contributed by atoms with Gasteiger partial charge in [0.2, 0.25) is 11.1 Å². The van der Waals surface area contributed by atoms with Crippen LogP contribution in [-0.4, -0.2) is 32.2 Å². The number of aromatic nitrogens is 3. The number of hydrogen-bond donors (Lipinski definition) is 3. The second kappa shape index (κ2) is 7.83. The van der Waals surface area contributed by atoms with Gasteiger partial charge in [0.15, 0.2) is 5.82 Å². The number of anilines is 1. The van der Waals surface area contributed by atoms with Crippen LogP contribution in [0.1, 0.15) is 22.8 Å². The molecule has 3 N–H and O–H groups in total. The third-order valence-electron chi connectivity index (χ3n) is 3.51. The molecule has 7 nitrogen and oxygen atoms in total. The minimum Gasteiger partial charge on any atom is -0.478 e. The van der Waals surface area contributed by atoms with Crippen LogP contribution in [-0.2, 0) is 10.5 Å². The van der Waals surface area contributed by atoms with Crippen molar-refractivity contribution in [3.05, 3.63) is 59.7 Å². The van der Waals surface area contributed by atoms with Crippen molar-refractivity contribution in [1.82, 2.24) is 15.2 Å². The minimum atomic E-state index is -0.938. The highest BCUT2D eigenvalue weighted by molar-refractivity contribution is 7.98. The summed E-state index contributed by atoms with van der Waals surface area (Å²) < 4.78 is 0. The molecule has 0 aliphatic heterocycles. The van der Waals surface area contributed by atoms with Crippen LogP contribution in [0.5, 0.6) is 0 Å². The van der Waals surface area contributed by atoms with Gasteiger partial charge in [0.05, 0.1) is 5.56 Å². The molecule has 0 radical (unpaired) electrons. The molecule has 0 saturated heterocycles. The lowest BCUT2D eigenvalue weighted by Crippen LogP contribution is -2.05. The van der Waals surface area contributed by atoms with Crippen LogP contribution in [0.2, 0.25) is 0 Å². The van der Waals surface area contributed by atoms with E-state index in [1.165, 1.54) is 18.7 Å². The van der Waals surface area contributed by atoms with Crippen LogP contribution in [0.15, 0.2) is 53.7 Å². The fourth-order valence-corrected chi connectivity index (χ4v) is 3.00. The van der Waals surface area contributed by atoms with E-state index in [4.69, 9.17) is 5.11 Å². The number of nitrogens with one attached hydrogen (secondary N) is 2. The standard InChI is InChI=1S/C18H16N4O3S/c1-11(23)19-15-8-6-13(7-9-15)16-20-18(22-21-16)26-10-12-2-4-14(5-3-12)17(24)25/h2-9H,10H2,1H3,(H,19,23)(H,24,25)(H,20,21,22). The maximum atomic E-state index is 11.0. The van der Waals surface area contributed by atoms with Crippen LogP contribution in [0, 0.1) is 0 Å². The quantitative estimate of drug-likeness (QED) is 0.575. The van der Waals surface area contributed by atoms with Gasteiger partial charge in [0.25, 0.3) is 0 Å². The highest BCUT2D eigenvalue weighted by Gasteiger charge is 2.08. The molecule has 0 aliphatic rings. The van der Waals surface area contributed by atoms with E-state index >= 15 is 0 Å². The topological polar surface area (TPSA) is 108 Å². The van der Waals surface area contributed by atoms with E-state index in [0.29, 0.717) is 16.7 Å². The van der Waals surface area contributed by atoms with Gasteiger partial charge >= 0.3 is 5.97 Å². The first-order valence-corrected chi connectivity index (χ1v) is 8.75. The minimum absolute atomic E-state index is 0.118. The Morgan fingerprint density at radius 3 is 2.42 bits per heavy atom. The zero-order valence-corrected chi connectivity index (χ0v) is 14.7. The zero-order chi connectivity index (χ0) is 18.5. The van der Waals surface area contributed by atoms with Crippen molar-refractivity contribution in [2.45, 2.75) is 17.8 Å². The van der Waals surface area contributed by atoms with Gasteiger partial charge in [-0.15, -0.1) is 5.10 Å². The Bertz CT molecular complexity index is 920. The van der Waals surface area contributed by atoms with Gasteiger partial charge in [-0.25, -0.2) is 9.78 Å². The van der Waals surface area contributed by atoms with Crippen molar-refractivity contribution in [3.8, 4) is 11.4 Å². The van der Waals surface area contributed by atoms with Crippen LogP contribution >= 0.6 is 11.8 Å². The molecule has 1 heterocycles. The normalized spacial score (nSPS) is 10.5. The lowest BCUT2D eigenvalue weighted by Gasteiger charge is -2.02. The number of rotatable bonds is 6. The molecule has 0 spiro atoms. The number of carbonyl (C=O) groups excluding carboxylic acids is 1. The van der Waals surface area contributed by atoms with Crippen molar-refractivity contribution < 1.29 is 14.7 Å². The van der Waals surface area contributed by atoms with Gasteiger partial charge in [-0.05, 0) is 42.0 Å². The summed E-state index contributed by atoms with van der Waals surface area (Å²) in [5, 5.41) is 19.3. The fourth-order valence-electron chi connectivity index (χ4n) is 2.25. The molecular formula is C18H16N4O3S. The Labute approximate surface area is 153 Å². The molecular weight excluding hydrogens is 352 g/mol. The van der Waals surface area contributed by atoms with Crippen LogP contribution in [0.4, 0.5) is 5.69 Å². The molecule has 3 rings (SSSR count). The first-order valence-electron chi connectivity index (χ1n) is 7.77. The number of carbonyl (C=O) groups is 2. The number of thioether (sulfide) groups is 1. The van der Waals surface area contributed by atoms with Crippen LogP contribution < -0.4 is 5.32 Å². The third kappa shape index (κ3) is 4.48. The monoisotopic (exact) mass is 368 g/mol. The molecule has 1 amide bonds. The molecule has 1 aromatic heterocycles. The number of aromatic amines is 1. The van der Waals surface area contributed by atoms with Crippen molar-refractivity contribution >= 4 is 29.3 Å². The van der Waals surface area contributed by atoms with Gasteiger partial charge in [-0.1, -0.05) is 23.9 Å². The predicted octanol–water partition coefficient (Wildman–Crippen LogP) is 3.42. The molecule has 132 valence electrons. The number of H-pyrrole nitrogens is 1.